The Labute approximate surface area is 217 Å². The van der Waals surface area contributed by atoms with Gasteiger partial charge in [-0.3, -0.25) is 4.79 Å². The number of aromatic hydroxyl groups is 4. The van der Waals surface area contributed by atoms with Crippen LogP contribution in [-0.2, 0) is 4.74 Å². The van der Waals surface area contributed by atoms with Gasteiger partial charge in [0, 0.05) is 17.7 Å². The molecule has 4 rings (SSSR count). The number of phenols is 4. The van der Waals surface area contributed by atoms with E-state index < -0.39 is 101 Å². The summed E-state index contributed by atoms with van der Waals surface area (Å²) < 4.78 is 16.6. The van der Waals surface area contributed by atoms with E-state index in [9.17, 15) is 55.9 Å². The highest BCUT2D eigenvalue weighted by atomic mass is 16.7. The Kier molecular flexibility index (Phi) is 7.87. The number of benzene rings is 2. The largest absolute Gasteiger partial charge is 0.508 e. The molecule has 0 saturated carbocycles. The van der Waals surface area contributed by atoms with Gasteiger partial charge in [-0.15, -0.1) is 0 Å². The van der Waals surface area contributed by atoms with Crippen molar-refractivity contribution in [3.8, 4) is 40.1 Å². The van der Waals surface area contributed by atoms with Gasteiger partial charge in [-0.2, -0.15) is 0 Å². The van der Waals surface area contributed by atoms with E-state index in [1.807, 2.05) is 0 Å². The van der Waals surface area contributed by atoms with Gasteiger partial charge in [0.05, 0.1) is 6.61 Å². The molecule has 0 amide bonds. The summed E-state index contributed by atoms with van der Waals surface area (Å²) in [5, 5.41) is 110. The molecule has 0 spiro atoms. The second kappa shape index (κ2) is 10.8. The molecule has 15 heteroatoms. The zero-order chi connectivity index (χ0) is 28.8. The number of hydrogen-bond acceptors (Lipinski definition) is 15. The average molecular weight is 554 g/mol. The van der Waals surface area contributed by atoms with Gasteiger partial charge in [0.15, 0.2) is 17.3 Å². The monoisotopic (exact) mass is 554 g/mol. The summed E-state index contributed by atoms with van der Waals surface area (Å²) in [7, 11) is 0. The quantitative estimate of drug-likeness (QED) is 0.135. The number of hydrogen-bond donors (Lipinski definition) is 11. The topological polar surface area (TPSA) is 271 Å². The Bertz CT molecular complexity index is 1400. The molecule has 0 radical (unpaired) electrons. The van der Waals surface area contributed by atoms with Crippen molar-refractivity contribution in [2.45, 2.75) is 49.0 Å². The van der Waals surface area contributed by atoms with Gasteiger partial charge >= 0.3 is 0 Å². The van der Waals surface area contributed by atoms with Crippen LogP contribution in [-0.4, -0.2) is 112 Å². The van der Waals surface area contributed by atoms with Crippen LogP contribution >= 0.6 is 0 Å². The molecule has 2 aromatic carbocycles. The zero-order valence-electron chi connectivity index (χ0n) is 19.8. The van der Waals surface area contributed by atoms with Crippen LogP contribution in [0.2, 0.25) is 0 Å². The predicted molar refractivity (Wildman–Crippen MR) is 127 cm³/mol. The second-order valence-corrected chi connectivity index (χ2v) is 8.92. The van der Waals surface area contributed by atoms with Crippen LogP contribution < -0.4 is 10.2 Å². The van der Waals surface area contributed by atoms with E-state index in [4.69, 9.17) is 19.0 Å². The minimum atomic E-state index is -2.14. The lowest BCUT2D eigenvalue weighted by atomic mass is 9.91. The van der Waals surface area contributed by atoms with E-state index in [-0.39, 0.29) is 11.1 Å². The summed E-state index contributed by atoms with van der Waals surface area (Å²) in [4.78, 5) is 13.4. The smallest absolute Gasteiger partial charge is 0.239 e. The zero-order valence-corrected chi connectivity index (χ0v) is 19.8. The van der Waals surface area contributed by atoms with E-state index >= 15 is 0 Å². The normalized spacial score (nSPS) is 25.8. The third kappa shape index (κ3) is 5.17. The van der Waals surface area contributed by atoms with Crippen LogP contribution in [0.3, 0.4) is 0 Å². The van der Waals surface area contributed by atoms with Crippen LogP contribution in [0.15, 0.2) is 39.5 Å². The van der Waals surface area contributed by atoms with Crippen molar-refractivity contribution in [1.82, 2.24) is 0 Å². The molecule has 8 atom stereocenters. The first-order valence-electron chi connectivity index (χ1n) is 11.4. The van der Waals surface area contributed by atoms with Gasteiger partial charge in [0.1, 0.15) is 65.2 Å². The Morgan fingerprint density at radius 3 is 2.21 bits per heavy atom. The standard InChI is InChI=1S/C24H26O15/c25-6-12(30)15(31)18(34)22-19(35)17(33)20(36)24(38-22)39-23-16(32)14-11(29)4-8(26)5-13(14)37-21(23)7-1-2-9(27)10(28)3-7/h1-5,12,15,17-20,22,24-31,33-36H,6H2/t12-,15-,17+,18-,19+,20-,22-,24+/m1/s1. The Morgan fingerprint density at radius 2 is 1.56 bits per heavy atom. The predicted octanol–water partition coefficient (Wildman–Crippen LogP) is -2.46. The molecule has 1 aliphatic heterocycles. The van der Waals surface area contributed by atoms with E-state index in [1.165, 1.54) is 6.07 Å². The molecule has 1 saturated heterocycles. The molecular formula is C24H26O15. The molecular weight excluding hydrogens is 528 g/mol. The van der Waals surface area contributed by atoms with Crippen LogP contribution in [0.1, 0.15) is 0 Å². The van der Waals surface area contributed by atoms with Gasteiger partial charge in [-0.1, -0.05) is 0 Å². The molecule has 1 aromatic heterocycles. The number of fused-ring (bicyclic) bond motifs is 1. The van der Waals surface area contributed by atoms with Crippen molar-refractivity contribution in [2.75, 3.05) is 6.61 Å². The summed E-state index contributed by atoms with van der Waals surface area (Å²) in [5.74, 6) is -3.59. The number of aliphatic hydroxyl groups is 7. The van der Waals surface area contributed by atoms with Crippen LogP contribution in [0.25, 0.3) is 22.3 Å². The third-order valence-electron chi connectivity index (χ3n) is 6.26. The van der Waals surface area contributed by atoms with Crippen LogP contribution in [0.5, 0.6) is 28.7 Å². The van der Waals surface area contributed by atoms with Gasteiger partial charge in [-0.25, -0.2) is 0 Å². The lowest BCUT2D eigenvalue weighted by Gasteiger charge is -2.43. The first-order chi connectivity index (χ1) is 18.3. The number of ether oxygens (including phenoxy) is 2. The minimum Gasteiger partial charge on any atom is -0.508 e. The van der Waals surface area contributed by atoms with E-state index in [0.29, 0.717) is 0 Å². The molecule has 39 heavy (non-hydrogen) atoms. The van der Waals surface area contributed by atoms with Crippen molar-refractivity contribution in [2.24, 2.45) is 0 Å². The summed E-state index contributed by atoms with van der Waals surface area (Å²) in [6.45, 7) is -0.980. The highest BCUT2D eigenvalue weighted by Gasteiger charge is 2.50. The van der Waals surface area contributed by atoms with Gasteiger partial charge in [-0.05, 0) is 18.2 Å². The first-order valence-corrected chi connectivity index (χ1v) is 11.4. The van der Waals surface area contributed by atoms with Crippen molar-refractivity contribution >= 4 is 11.0 Å². The Morgan fingerprint density at radius 1 is 0.872 bits per heavy atom. The molecule has 1 fully saturated rings. The molecule has 2 heterocycles. The molecule has 15 nitrogen and oxygen atoms in total. The number of rotatable bonds is 7. The van der Waals surface area contributed by atoms with E-state index in [2.05, 4.69) is 0 Å². The Balaban J connectivity index is 1.83. The molecule has 0 aliphatic carbocycles. The summed E-state index contributed by atoms with van der Waals surface area (Å²) in [6.07, 6.45) is -16.3. The summed E-state index contributed by atoms with van der Waals surface area (Å²) in [6, 6.07) is 5.05. The van der Waals surface area contributed by atoms with E-state index in [0.717, 1.165) is 24.3 Å². The maximum atomic E-state index is 13.4. The molecule has 1 aliphatic rings. The highest BCUT2D eigenvalue weighted by molar-refractivity contribution is 5.88. The SMILES string of the molecule is O=c1c(O[C@@H]2O[C@H]([C@H](O)[C@H](O)[C@H](O)CO)[C@@H](O)[C@H](O)[C@H]2O)c(-c2ccc(O)c(O)c2)oc2cc(O)cc(O)c12. The Hall–Kier alpha value is -3.67. The fourth-order valence-corrected chi connectivity index (χ4v) is 4.13. The lowest BCUT2D eigenvalue weighted by molar-refractivity contribution is -0.297. The third-order valence-corrected chi connectivity index (χ3v) is 6.26. The maximum absolute atomic E-state index is 13.4. The minimum absolute atomic E-state index is 0.0777. The van der Waals surface area contributed by atoms with Gasteiger partial charge in [0.25, 0.3) is 0 Å². The maximum Gasteiger partial charge on any atom is 0.239 e. The summed E-state index contributed by atoms with van der Waals surface area (Å²) >= 11 is 0. The molecule has 0 bridgehead atoms. The lowest BCUT2D eigenvalue weighted by Crippen LogP contribution is -2.64. The van der Waals surface area contributed by atoms with Crippen LogP contribution in [0, 0.1) is 0 Å². The van der Waals surface area contributed by atoms with Crippen molar-refractivity contribution < 1.29 is 70.1 Å². The number of phenolic OH excluding ortho intramolecular Hbond substituents is 4. The first kappa shape index (κ1) is 28.3. The fraction of sp³-hybridized carbons (Fsp3) is 0.375. The van der Waals surface area contributed by atoms with Crippen LogP contribution in [0.4, 0.5) is 0 Å². The van der Waals surface area contributed by atoms with Gasteiger partial charge in [0.2, 0.25) is 17.5 Å². The average Bonchev–Trinajstić information content (AvgIpc) is 2.89. The number of aliphatic hydroxyl groups excluding tert-OH is 7. The summed E-state index contributed by atoms with van der Waals surface area (Å²) in [5.41, 5.74) is -1.49. The van der Waals surface area contributed by atoms with Crippen molar-refractivity contribution in [1.29, 1.82) is 0 Å². The van der Waals surface area contributed by atoms with E-state index in [1.54, 1.807) is 0 Å². The van der Waals surface area contributed by atoms with Gasteiger partial charge < -0.3 is 70.1 Å². The molecule has 0 unspecified atom stereocenters. The highest BCUT2D eigenvalue weighted by Crippen LogP contribution is 2.39. The fourth-order valence-electron chi connectivity index (χ4n) is 4.13. The molecule has 11 N–H and O–H groups in total. The molecule has 212 valence electrons. The molecule has 3 aromatic rings. The second-order valence-electron chi connectivity index (χ2n) is 8.92. The van der Waals surface area contributed by atoms with Crippen molar-refractivity contribution in [3.05, 3.63) is 40.6 Å². The van der Waals surface area contributed by atoms with Crippen molar-refractivity contribution in [3.63, 3.8) is 0 Å².